The van der Waals surface area contributed by atoms with E-state index < -0.39 is 17.8 Å². The van der Waals surface area contributed by atoms with Crippen LogP contribution in [0.25, 0.3) is 0 Å². The Morgan fingerprint density at radius 1 is 0.353 bits per heavy atom. The number of hydrogen-bond acceptors (Lipinski definition) is 9. The van der Waals surface area contributed by atoms with Crippen molar-refractivity contribution in [2.75, 3.05) is 0 Å². The average molecular weight is 524 g/mol. The molecule has 191 valence electrons. The minimum Gasteiger partial charge on any atom is -0.300 e. The summed E-state index contributed by atoms with van der Waals surface area (Å²) in [6.07, 6.45) is 0.139. The monoisotopic (exact) mass is 524 g/mol. The molecule has 0 atom stereocenters. The molecule has 0 aromatic rings. The largest absolute Gasteiger partial charge is 3.00 e. The fourth-order valence-electron chi connectivity index (χ4n) is 2.58. The topological polar surface area (TPSA) is 154 Å². The molecular weight excluding hydrogens is 488 g/mol. The van der Waals surface area contributed by atoms with E-state index in [1.165, 1.54) is 62.3 Å². The zero-order chi connectivity index (χ0) is 27.0. The number of ketones is 9. The number of rotatable bonds is 12. The van der Waals surface area contributed by atoms with Crippen LogP contribution in [-0.2, 0) is 60.2 Å². The molecule has 0 aliphatic rings. The van der Waals surface area contributed by atoms with Crippen LogP contribution in [-0.4, -0.2) is 52.0 Å². The molecule has 0 aliphatic heterocycles. The fourth-order valence-corrected chi connectivity index (χ4v) is 2.58. The van der Waals surface area contributed by atoms with Gasteiger partial charge in [-0.15, -0.1) is 0 Å². The first kappa shape index (κ1) is 38.8. The van der Waals surface area contributed by atoms with E-state index in [-0.39, 0.29) is 88.4 Å². The minimum absolute atomic E-state index is 0. The van der Waals surface area contributed by atoms with Crippen LogP contribution in [0.4, 0.5) is 0 Å². The van der Waals surface area contributed by atoms with Crippen LogP contribution in [0, 0.1) is 17.8 Å². The molecule has 0 aliphatic carbocycles. The van der Waals surface area contributed by atoms with Gasteiger partial charge in [-0.1, -0.05) is 0 Å². The average Bonchev–Trinajstić information content (AvgIpc) is 2.61. The second-order valence-electron chi connectivity index (χ2n) is 8.04. The summed E-state index contributed by atoms with van der Waals surface area (Å²) in [6.45, 7) is 12.1. The first-order valence-electron chi connectivity index (χ1n) is 10.4. The Balaban J connectivity index is -0.000000196. The van der Waals surface area contributed by atoms with E-state index in [0.717, 1.165) is 0 Å². The number of carbonyl (C=O) groups is 9. The summed E-state index contributed by atoms with van der Waals surface area (Å²) in [7, 11) is 0. The van der Waals surface area contributed by atoms with Gasteiger partial charge in [0.1, 0.15) is 52.0 Å². The molecule has 10 heteroatoms. The smallest absolute Gasteiger partial charge is 0.300 e. The Hall–Kier alpha value is -2.45. The molecule has 0 bridgehead atoms. The molecule has 1 radical (unpaired) electrons. The Kier molecular flexibility index (Phi) is 22.8. The maximum absolute atomic E-state index is 10.7. The van der Waals surface area contributed by atoms with Crippen LogP contribution >= 0.6 is 0 Å². The molecule has 0 spiro atoms. The van der Waals surface area contributed by atoms with E-state index in [2.05, 4.69) is 0 Å². The van der Waals surface area contributed by atoms with E-state index in [1.807, 2.05) is 0 Å². The molecule has 0 saturated heterocycles. The standard InChI is InChI=1S/3C8H12O3.Fe/c3*1-5(9)4-8(6(2)10)7(3)11;/h3*8H,4H2,1-3H3;/q;;;+3. The second kappa shape index (κ2) is 20.0. The van der Waals surface area contributed by atoms with Crippen LogP contribution in [0.5, 0.6) is 0 Å². The van der Waals surface area contributed by atoms with Gasteiger partial charge in [0, 0.05) is 19.3 Å². The summed E-state index contributed by atoms with van der Waals surface area (Å²) >= 11 is 0. The third-order valence-electron chi connectivity index (χ3n) is 4.42. The Labute approximate surface area is 211 Å². The first-order chi connectivity index (χ1) is 14.8. The number of Topliss-reactive ketones (excluding diaryl/α,β-unsaturated/α-hetero) is 9. The van der Waals surface area contributed by atoms with Gasteiger partial charge in [-0.3, -0.25) is 43.2 Å². The van der Waals surface area contributed by atoms with Crippen molar-refractivity contribution in [3.05, 3.63) is 0 Å². The summed E-state index contributed by atoms with van der Waals surface area (Å²) in [5, 5.41) is 0. The maximum Gasteiger partial charge on any atom is 3.00 e. The predicted molar refractivity (Wildman–Crippen MR) is 120 cm³/mol. The van der Waals surface area contributed by atoms with Gasteiger partial charge in [-0.25, -0.2) is 0 Å². The molecule has 0 aromatic carbocycles. The van der Waals surface area contributed by atoms with Crippen LogP contribution in [0.15, 0.2) is 0 Å². The van der Waals surface area contributed by atoms with Gasteiger partial charge in [0.2, 0.25) is 0 Å². The van der Waals surface area contributed by atoms with Crippen LogP contribution in [0.3, 0.4) is 0 Å². The molecular formula is C24H36FeO9+3. The molecule has 34 heavy (non-hydrogen) atoms. The maximum atomic E-state index is 10.7. The van der Waals surface area contributed by atoms with Gasteiger partial charge >= 0.3 is 17.1 Å². The molecule has 0 fully saturated rings. The molecule has 0 unspecified atom stereocenters. The molecule has 0 rings (SSSR count). The summed E-state index contributed by atoms with van der Waals surface area (Å²) in [4.78, 5) is 96.2. The Bertz CT molecular complexity index is 650. The van der Waals surface area contributed by atoms with Crippen molar-refractivity contribution in [2.45, 2.75) is 81.6 Å². The minimum atomic E-state index is -0.715. The van der Waals surface area contributed by atoms with Crippen molar-refractivity contribution in [1.29, 1.82) is 0 Å². The van der Waals surface area contributed by atoms with Crippen molar-refractivity contribution >= 4 is 52.0 Å². The van der Waals surface area contributed by atoms with Crippen molar-refractivity contribution in [2.24, 2.45) is 17.8 Å². The second-order valence-corrected chi connectivity index (χ2v) is 8.04. The van der Waals surface area contributed by atoms with Gasteiger partial charge in [0.15, 0.2) is 0 Å². The number of hydrogen-bond donors (Lipinski definition) is 0. The third kappa shape index (κ3) is 21.4. The van der Waals surface area contributed by atoms with E-state index in [1.54, 1.807) is 0 Å². The van der Waals surface area contributed by atoms with Crippen molar-refractivity contribution in [3.63, 3.8) is 0 Å². The molecule has 0 N–H and O–H groups in total. The van der Waals surface area contributed by atoms with Gasteiger partial charge in [0.05, 0.1) is 17.8 Å². The van der Waals surface area contributed by atoms with Crippen LogP contribution < -0.4 is 0 Å². The summed E-state index contributed by atoms with van der Waals surface area (Å²) in [5.74, 6) is -3.89. The van der Waals surface area contributed by atoms with Gasteiger partial charge in [-0.2, -0.15) is 0 Å². The van der Waals surface area contributed by atoms with Crippen LogP contribution in [0.1, 0.15) is 81.6 Å². The quantitative estimate of drug-likeness (QED) is 0.276. The Morgan fingerprint density at radius 3 is 0.500 bits per heavy atom. The zero-order valence-corrected chi connectivity index (χ0v) is 22.5. The van der Waals surface area contributed by atoms with E-state index in [0.29, 0.717) is 0 Å². The van der Waals surface area contributed by atoms with Gasteiger partial charge in [0.25, 0.3) is 0 Å². The van der Waals surface area contributed by atoms with Crippen molar-refractivity contribution in [1.82, 2.24) is 0 Å². The van der Waals surface area contributed by atoms with Gasteiger partial charge in [-0.05, 0) is 62.3 Å². The first-order valence-corrected chi connectivity index (χ1v) is 10.4. The summed E-state index contributed by atoms with van der Waals surface area (Å²) < 4.78 is 0. The van der Waals surface area contributed by atoms with Crippen LogP contribution in [0.2, 0.25) is 0 Å². The SMILES string of the molecule is CC(=O)CC(C(C)=O)C(C)=O.CC(=O)CC(C(C)=O)C(C)=O.CC(=O)CC(C(C)=O)C(C)=O.[Fe+3]. The summed E-state index contributed by atoms with van der Waals surface area (Å²) in [6, 6.07) is 0. The third-order valence-corrected chi connectivity index (χ3v) is 4.42. The van der Waals surface area contributed by atoms with E-state index >= 15 is 0 Å². The van der Waals surface area contributed by atoms with Gasteiger partial charge < -0.3 is 0 Å². The summed E-state index contributed by atoms with van der Waals surface area (Å²) in [5.41, 5.74) is 0. The predicted octanol–water partition coefficient (Wildman–Crippen LogP) is 2.28. The normalized spacial score (nSPS) is 9.53. The molecule has 0 saturated carbocycles. The molecule has 9 nitrogen and oxygen atoms in total. The van der Waals surface area contributed by atoms with E-state index in [9.17, 15) is 43.2 Å². The zero-order valence-electron chi connectivity index (χ0n) is 21.4. The number of carbonyl (C=O) groups excluding carboxylic acids is 9. The fraction of sp³-hybridized carbons (Fsp3) is 0.625. The Morgan fingerprint density at radius 2 is 0.471 bits per heavy atom. The van der Waals surface area contributed by atoms with Crippen molar-refractivity contribution < 1.29 is 60.2 Å². The van der Waals surface area contributed by atoms with E-state index in [4.69, 9.17) is 0 Å². The molecule has 0 aromatic heterocycles. The molecule has 0 amide bonds. The molecule has 0 heterocycles. The van der Waals surface area contributed by atoms with Crippen molar-refractivity contribution in [3.8, 4) is 0 Å².